The molecule has 0 aliphatic rings. The van der Waals surface area contributed by atoms with E-state index < -0.39 is 0 Å². The maximum absolute atomic E-state index is 4.15. The molecule has 0 bridgehead atoms. The second-order valence-corrected chi connectivity index (χ2v) is 4.28. The minimum absolute atomic E-state index is 0.663. The molecule has 0 aliphatic heterocycles. The van der Waals surface area contributed by atoms with E-state index in [9.17, 15) is 0 Å². The number of hydrogen-bond acceptors (Lipinski definition) is 2. The molecule has 0 aliphatic carbocycles. The van der Waals surface area contributed by atoms with Crippen LogP contribution < -0.4 is 0 Å². The van der Waals surface area contributed by atoms with Crippen molar-refractivity contribution in [1.29, 1.82) is 0 Å². The Morgan fingerprint density at radius 1 is 1.36 bits per heavy atom. The van der Waals surface area contributed by atoms with Gasteiger partial charge in [-0.3, -0.25) is 4.68 Å². The van der Waals surface area contributed by atoms with Crippen molar-refractivity contribution < 1.29 is 0 Å². The third kappa shape index (κ3) is 3.90. The lowest BCUT2D eigenvalue weighted by Gasteiger charge is -1.99. The van der Waals surface area contributed by atoms with E-state index >= 15 is 0 Å². The van der Waals surface area contributed by atoms with E-state index in [4.69, 9.17) is 0 Å². The first kappa shape index (κ1) is 11.2. The van der Waals surface area contributed by atoms with Crippen molar-refractivity contribution in [1.82, 2.24) is 15.0 Å². The predicted octanol–water partition coefficient (Wildman–Crippen LogP) is 2.67. The van der Waals surface area contributed by atoms with Crippen LogP contribution >= 0.6 is 0 Å². The highest BCUT2D eigenvalue weighted by atomic mass is 15.4. The van der Waals surface area contributed by atoms with Gasteiger partial charge in [-0.2, -0.15) is 0 Å². The molecule has 1 rings (SSSR count). The maximum Gasteiger partial charge on any atom is 0.0829 e. The minimum atomic E-state index is 0.663. The van der Waals surface area contributed by atoms with Gasteiger partial charge >= 0.3 is 0 Å². The molecule has 0 unspecified atom stereocenters. The highest BCUT2D eigenvalue weighted by molar-refractivity contribution is 4.92. The molecule has 0 fully saturated rings. The van der Waals surface area contributed by atoms with E-state index in [0.29, 0.717) is 5.92 Å². The molecule has 0 radical (unpaired) electrons. The van der Waals surface area contributed by atoms with Gasteiger partial charge in [0.05, 0.1) is 5.69 Å². The van der Waals surface area contributed by atoms with Crippen molar-refractivity contribution in [2.24, 2.45) is 5.92 Å². The monoisotopic (exact) mass is 195 g/mol. The average molecular weight is 195 g/mol. The molecule has 1 aromatic heterocycles. The summed E-state index contributed by atoms with van der Waals surface area (Å²) in [5.74, 6) is 0.663. The van der Waals surface area contributed by atoms with Crippen molar-refractivity contribution >= 4 is 0 Å². The van der Waals surface area contributed by atoms with Gasteiger partial charge < -0.3 is 0 Å². The molecular weight excluding hydrogens is 174 g/mol. The molecule has 80 valence electrons. The van der Waals surface area contributed by atoms with Crippen molar-refractivity contribution in [2.75, 3.05) is 0 Å². The topological polar surface area (TPSA) is 30.7 Å². The van der Waals surface area contributed by atoms with Crippen molar-refractivity contribution in [3.63, 3.8) is 0 Å². The Balaban J connectivity index is 2.35. The first-order valence-electron chi connectivity index (χ1n) is 5.61. The van der Waals surface area contributed by atoms with E-state index in [1.165, 1.54) is 19.3 Å². The van der Waals surface area contributed by atoms with Gasteiger partial charge in [0, 0.05) is 12.7 Å². The van der Waals surface area contributed by atoms with E-state index in [-0.39, 0.29) is 0 Å². The van der Waals surface area contributed by atoms with Crippen molar-refractivity contribution in [3.8, 4) is 0 Å². The van der Waals surface area contributed by atoms with Gasteiger partial charge in [-0.1, -0.05) is 38.8 Å². The second-order valence-electron chi connectivity index (χ2n) is 4.28. The molecule has 3 nitrogen and oxygen atoms in total. The van der Waals surface area contributed by atoms with Gasteiger partial charge in [0.1, 0.15) is 0 Å². The lowest BCUT2D eigenvalue weighted by molar-refractivity contribution is 0.537. The Bertz CT molecular complexity index is 253. The summed E-state index contributed by atoms with van der Waals surface area (Å²) < 4.78 is 1.97. The van der Waals surface area contributed by atoms with Gasteiger partial charge in [0.2, 0.25) is 0 Å². The normalized spacial score (nSPS) is 11.1. The zero-order valence-corrected chi connectivity index (χ0v) is 9.53. The molecule has 0 aromatic carbocycles. The third-order valence-corrected chi connectivity index (χ3v) is 2.19. The van der Waals surface area contributed by atoms with Gasteiger partial charge in [0.15, 0.2) is 0 Å². The Morgan fingerprint density at radius 2 is 2.14 bits per heavy atom. The zero-order chi connectivity index (χ0) is 10.4. The zero-order valence-electron chi connectivity index (χ0n) is 9.53. The number of aromatic nitrogens is 3. The summed E-state index contributed by atoms with van der Waals surface area (Å²) in [4.78, 5) is 0. The van der Waals surface area contributed by atoms with Gasteiger partial charge in [-0.05, 0) is 18.8 Å². The summed E-state index contributed by atoms with van der Waals surface area (Å²) in [5.41, 5.74) is 1.12. The van der Waals surface area contributed by atoms with Crippen LogP contribution in [0.3, 0.4) is 0 Å². The smallest absolute Gasteiger partial charge is 0.0829 e. The number of aryl methyl sites for hydroxylation is 1. The summed E-state index contributed by atoms with van der Waals surface area (Å²) in [6, 6.07) is 0. The lowest BCUT2D eigenvalue weighted by atomic mass is 10.1. The average Bonchev–Trinajstić information content (AvgIpc) is 2.52. The quantitative estimate of drug-likeness (QED) is 0.653. The van der Waals surface area contributed by atoms with Crippen LogP contribution in [-0.2, 0) is 13.0 Å². The van der Waals surface area contributed by atoms with E-state index in [0.717, 1.165) is 18.7 Å². The lowest BCUT2D eigenvalue weighted by Crippen LogP contribution is -1.98. The molecule has 0 atom stereocenters. The van der Waals surface area contributed by atoms with Crippen molar-refractivity contribution in [2.45, 2.75) is 53.0 Å². The fourth-order valence-electron chi connectivity index (χ4n) is 1.48. The van der Waals surface area contributed by atoms with Crippen LogP contribution in [0.5, 0.6) is 0 Å². The van der Waals surface area contributed by atoms with Gasteiger partial charge in [-0.15, -0.1) is 5.10 Å². The van der Waals surface area contributed by atoms with E-state index in [2.05, 4.69) is 37.3 Å². The first-order chi connectivity index (χ1) is 6.72. The fourth-order valence-corrected chi connectivity index (χ4v) is 1.48. The molecule has 0 amide bonds. The Hall–Kier alpha value is -0.860. The highest BCUT2D eigenvalue weighted by Crippen LogP contribution is 2.04. The van der Waals surface area contributed by atoms with E-state index in [1.54, 1.807) is 0 Å². The van der Waals surface area contributed by atoms with Crippen LogP contribution in [0.25, 0.3) is 0 Å². The Kier molecular flexibility index (Phi) is 4.63. The Labute approximate surface area is 86.5 Å². The van der Waals surface area contributed by atoms with Crippen LogP contribution in [-0.4, -0.2) is 15.0 Å². The Morgan fingerprint density at radius 3 is 2.79 bits per heavy atom. The summed E-state index contributed by atoms with van der Waals surface area (Å²) in [6.45, 7) is 7.64. The SMILES string of the molecule is CCCCCn1cc(CC(C)C)nn1. The molecular formula is C11H21N3. The molecule has 14 heavy (non-hydrogen) atoms. The molecule has 0 N–H and O–H groups in total. The molecule has 0 saturated carbocycles. The number of hydrogen-bond donors (Lipinski definition) is 0. The number of nitrogens with zero attached hydrogens (tertiary/aromatic N) is 3. The molecule has 3 heteroatoms. The molecule has 1 aromatic rings. The highest BCUT2D eigenvalue weighted by Gasteiger charge is 2.02. The van der Waals surface area contributed by atoms with E-state index in [1.807, 2.05) is 4.68 Å². The minimum Gasteiger partial charge on any atom is -0.252 e. The number of unbranched alkanes of at least 4 members (excludes halogenated alkanes) is 2. The molecule has 1 heterocycles. The number of rotatable bonds is 6. The van der Waals surface area contributed by atoms with Crippen LogP contribution in [0.1, 0.15) is 45.7 Å². The van der Waals surface area contributed by atoms with Gasteiger partial charge in [0.25, 0.3) is 0 Å². The standard InChI is InChI=1S/C11H21N3/c1-4-5-6-7-14-9-11(12-13-14)8-10(2)3/h9-10H,4-8H2,1-3H3. The van der Waals surface area contributed by atoms with Crippen molar-refractivity contribution in [3.05, 3.63) is 11.9 Å². The third-order valence-electron chi connectivity index (χ3n) is 2.19. The molecule has 0 spiro atoms. The summed E-state index contributed by atoms with van der Waals surface area (Å²) >= 11 is 0. The second kappa shape index (κ2) is 5.78. The summed E-state index contributed by atoms with van der Waals surface area (Å²) in [5, 5.41) is 8.26. The van der Waals surface area contributed by atoms with Crippen LogP contribution in [0, 0.1) is 5.92 Å². The van der Waals surface area contributed by atoms with Crippen LogP contribution in [0.2, 0.25) is 0 Å². The fraction of sp³-hybridized carbons (Fsp3) is 0.818. The summed E-state index contributed by atoms with van der Waals surface area (Å²) in [6.07, 6.45) is 6.86. The predicted molar refractivity (Wildman–Crippen MR) is 58.1 cm³/mol. The van der Waals surface area contributed by atoms with Crippen LogP contribution in [0.15, 0.2) is 6.20 Å². The van der Waals surface area contributed by atoms with Crippen LogP contribution in [0.4, 0.5) is 0 Å². The summed E-state index contributed by atoms with van der Waals surface area (Å²) in [7, 11) is 0. The largest absolute Gasteiger partial charge is 0.252 e. The first-order valence-corrected chi connectivity index (χ1v) is 5.61. The van der Waals surface area contributed by atoms with Gasteiger partial charge in [-0.25, -0.2) is 0 Å². The maximum atomic E-state index is 4.15. The molecule has 0 saturated heterocycles.